The van der Waals surface area contributed by atoms with Crippen molar-refractivity contribution >= 4 is 46.4 Å². The Bertz CT molecular complexity index is 1860. The van der Waals surface area contributed by atoms with E-state index in [2.05, 4.69) is 19.6 Å². The highest BCUT2D eigenvalue weighted by atomic mass is 31.3. The number of nitrogens with two attached hydrogens (primary N) is 2. The molecule has 0 aliphatic carbocycles. The minimum absolute atomic E-state index is 0.0347. The normalized spacial score (nSPS) is 33.6. The molecule has 3 saturated heterocycles. The summed E-state index contributed by atoms with van der Waals surface area (Å²) in [6.07, 6.45) is -7.60. The molecule has 6 heterocycles. The summed E-state index contributed by atoms with van der Waals surface area (Å²) in [5.74, 6) is -0.795. The van der Waals surface area contributed by atoms with Crippen molar-refractivity contribution in [2.24, 2.45) is 5.73 Å². The standard InChI is InChI=1S/C21H26N7O17P3/c22-17-12-19(25-7-24-17)28(8-26-12)21-16(43-46(33,34)35)14(30)11(42-21)5-39-47(36,37)45-44-48(45,38)40-6-10-13(29)15(31)20(41-10)27-3-1-2-9(4-27)18(23)32/h1-4,7-8,10-11,13-16,20-21,29-31H,5-6H2,(H5-2,22,23,24,25,32,33,34,35,36,37)/p+2/t10-,11-,13-,14-,15-,16-,20-,21-,48-/m1/s1. The van der Waals surface area contributed by atoms with Crippen molar-refractivity contribution < 1.29 is 84.9 Å². The first-order chi connectivity index (χ1) is 22.5. The number of nitrogens with zero attached hydrogens (tertiary/aromatic N) is 5. The number of aromatic nitrogens is 5. The molecule has 1 unspecified atom stereocenters. The van der Waals surface area contributed by atoms with Gasteiger partial charge in [-0.2, -0.15) is 13.7 Å². The molecule has 10 N–H and O–H groups in total. The van der Waals surface area contributed by atoms with Crippen LogP contribution >= 0.6 is 23.5 Å². The first kappa shape index (κ1) is 35.0. The number of anilines is 1. The van der Waals surface area contributed by atoms with E-state index in [1.165, 1.54) is 29.1 Å². The second-order valence-corrected chi connectivity index (χ2v) is 15.1. The largest absolute Gasteiger partial charge is 0.748 e. The molecule has 48 heavy (non-hydrogen) atoms. The maximum Gasteiger partial charge on any atom is 0.748 e. The number of hydrogen-bond donors (Lipinski definition) is 8. The number of carbonyl (C=O) groups is 1. The second kappa shape index (κ2) is 12.8. The minimum Gasteiger partial charge on any atom is -0.387 e. The second-order valence-electron chi connectivity index (χ2n) is 10.5. The van der Waals surface area contributed by atoms with Gasteiger partial charge in [-0.05, 0) is 6.07 Å². The van der Waals surface area contributed by atoms with Gasteiger partial charge in [-0.15, -0.1) is 0 Å². The van der Waals surface area contributed by atoms with Gasteiger partial charge >= 0.3 is 23.5 Å². The zero-order valence-electron chi connectivity index (χ0n) is 23.9. The van der Waals surface area contributed by atoms with Crippen molar-refractivity contribution in [2.75, 3.05) is 18.9 Å². The first-order valence-corrected chi connectivity index (χ1v) is 18.0. The topological polar surface area (TPSA) is 351 Å². The van der Waals surface area contributed by atoms with Gasteiger partial charge in [-0.25, -0.2) is 28.6 Å². The fourth-order valence-corrected chi connectivity index (χ4v) is 8.61. The lowest BCUT2D eigenvalue weighted by molar-refractivity contribution is -0.765. The molecular weight excluding hydrogens is 715 g/mol. The van der Waals surface area contributed by atoms with Crippen LogP contribution in [0, 0.1) is 0 Å². The Balaban J connectivity index is 1.08. The third-order valence-electron chi connectivity index (χ3n) is 7.30. The molecule has 3 fully saturated rings. The molecule has 6 rings (SSSR count). The van der Waals surface area contributed by atoms with Crippen LogP contribution in [0.3, 0.4) is 0 Å². The van der Waals surface area contributed by atoms with Crippen LogP contribution in [0.2, 0.25) is 0 Å². The maximum atomic E-state index is 12.9. The quantitative estimate of drug-likeness (QED) is 0.0315. The number of aliphatic hydroxyl groups is 3. The van der Waals surface area contributed by atoms with E-state index in [1.54, 1.807) is 0 Å². The molecule has 0 aromatic carbocycles. The Labute approximate surface area is 267 Å². The van der Waals surface area contributed by atoms with Gasteiger partial charge < -0.3 is 46.0 Å². The molecule has 3 aliphatic heterocycles. The molecule has 1 amide bonds. The number of ether oxygens (including phenoxy) is 2. The van der Waals surface area contributed by atoms with Crippen LogP contribution in [-0.4, -0.2) is 105 Å². The average molecular weight is 743 g/mol. The van der Waals surface area contributed by atoms with E-state index in [0.29, 0.717) is 0 Å². The van der Waals surface area contributed by atoms with E-state index in [4.69, 9.17) is 34.5 Å². The van der Waals surface area contributed by atoms with Crippen LogP contribution < -0.4 is 16.0 Å². The molecule has 0 saturated carbocycles. The van der Waals surface area contributed by atoms with Crippen molar-refractivity contribution in [2.45, 2.75) is 49.1 Å². The molecular formula is C21H28N7O17P3+2. The summed E-state index contributed by atoms with van der Waals surface area (Å²) in [5, 5.41) is 31.7. The molecule has 3 aliphatic rings. The van der Waals surface area contributed by atoms with Crippen molar-refractivity contribution in [3.05, 3.63) is 42.7 Å². The zero-order valence-corrected chi connectivity index (χ0v) is 26.6. The SMILES string of the molecule is NC(=O)c1ccc[n+]([C@@H]2O[C@H](CO[P@]3(=O)O[O+]3P(=O)(O)OC[C@H]3O[C@@H](n4cnc5c(N)ncnc54)[C@H](OP(=O)(O)O)[C@@H]3O)[C@@H](O)[C@H]2O)c1. The summed E-state index contributed by atoms with van der Waals surface area (Å²) >= 11 is 0. The van der Waals surface area contributed by atoms with Gasteiger partial charge in [0.25, 0.3) is 12.1 Å². The summed E-state index contributed by atoms with van der Waals surface area (Å²) in [5.41, 5.74) is 11.2. The zero-order chi connectivity index (χ0) is 34.8. The molecule has 24 nitrogen and oxygen atoms in total. The summed E-state index contributed by atoms with van der Waals surface area (Å²) in [4.78, 5) is 52.5. The summed E-state index contributed by atoms with van der Waals surface area (Å²) in [6.45, 7) is -1.69. The summed E-state index contributed by atoms with van der Waals surface area (Å²) in [7, 11) is -15.0. The van der Waals surface area contributed by atoms with Crippen molar-refractivity contribution in [3.8, 4) is 0 Å². The van der Waals surface area contributed by atoms with Crippen molar-refractivity contribution in [1.82, 2.24) is 19.5 Å². The average Bonchev–Trinajstić information content (AvgIpc) is 3.25. The number of pyridine rings is 1. The van der Waals surface area contributed by atoms with Crippen LogP contribution in [-0.2, 0) is 45.5 Å². The van der Waals surface area contributed by atoms with E-state index in [9.17, 15) is 48.5 Å². The molecule has 3 aromatic heterocycles. The van der Waals surface area contributed by atoms with Crippen molar-refractivity contribution in [3.63, 3.8) is 0 Å². The number of fused-ring (bicyclic) bond motifs is 1. The highest BCUT2D eigenvalue weighted by Gasteiger charge is 2.80. The number of carbonyl (C=O) groups excluding carboxylic acids is 1. The monoisotopic (exact) mass is 743 g/mol. The van der Waals surface area contributed by atoms with E-state index in [-0.39, 0.29) is 22.5 Å². The fourth-order valence-electron chi connectivity index (χ4n) is 5.00. The van der Waals surface area contributed by atoms with Crippen LogP contribution in [0.25, 0.3) is 11.2 Å². The number of rotatable bonds is 12. The lowest BCUT2D eigenvalue weighted by atomic mass is 10.1. The van der Waals surface area contributed by atoms with Crippen LogP contribution in [0.4, 0.5) is 5.82 Å². The number of nitrogen functional groups attached to an aromatic ring is 1. The third-order valence-corrected chi connectivity index (χ3v) is 11.2. The smallest absolute Gasteiger partial charge is 0.387 e. The summed E-state index contributed by atoms with van der Waals surface area (Å²) in [6, 6.07) is 2.86. The number of phosphoric ester groups is 1. The van der Waals surface area contributed by atoms with Crippen LogP contribution in [0.5, 0.6) is 0 Å². The fraction of sp³-hybridized carbons (Fsp3) is 0.476. The molecule has 10 atom stereocenters. The van der Waals surface area contributed by atoms with Gasteiger partial charge in [0, 0.05) is 6.07 Å². The number of imidazole rings is 1. The number of phosphoric acid groups is 1. The molecule has 27 heteroatoms. The highest BCUT2D eigenvalue weighted by molar-refractivity contribution is 7.66. The Morgan fingerprint density at radius 3 is 2.52 bits per heavy atom. The minimum atomic E-state index is -5.24. The van der Waals surface area contributed by atoms with Crippen LogP contribution in [0.1, 0.15) is 22.8 Å². The van der Waals surface area contributed by atoms with E-state index in [1.807, 2.05) is 0 Å². The molecule has 262 valence electrons. The predicted molar refractivity (Wildman–Crippen MR) is 149 cm³/mol. The molecule has 0 spiro atoms. The lowest BCUT2D eigenvalue weighted by Crippen LogP contribution is -2.46. The number of primary amides is 1. The Morgan fingerprint density at radius 2 is 1.81 bits per heavy atom. The molecule has 0 bridgehead atoms. The van der Waals surface area contributed by atoms with E-state index >= 15 is 0 Å². The van der Waals surface area contributed by atoms with Gasteiger partial charge in [0.2, 0.25) is 0 Å². The first-order valence-electron chi connectivity index (χ1n) is 13.5. The number of amides is 1. The van der Waals surface area contributed by atoms with Gasteiger partial charge in [0.15, 0.2) is 36.2 Å². The maximum absolute atomic E-state index is 12.9. The Morgan fingerprint density at radius 1 is 1.08 bits per heavy atom. The highest BCUT2D eigenvalue weighted by Crippen LogP contribution is 2.85. The lowest BCUT2D eigenvalue weighted by Gasteiger charge is -2.22. The van der Waals surface area contributed by atoms with Crippen LogP contribution in [0.15, 0.2) is 37.2 Å². The Kier molecular flexibility index (Phi) is 9.32. The number of aliphatic hydroxyl groups excluding tert-OH is 3. The Hall–Kier alpha value is -2.86. The van der Waals surface area contributed by atoms with Gasteiger partial charge in [0.1, 0.15) is 47.9 Å². The molecule has 0 radical (unpaired) electrons. The molecule has 3 aromatic rings. The van der Waals surface area contributed by atoms with E-state index in [0.717, 1.165) is 21.3 Å². The van der Waals surface area contributed by atoms with E-state index < -0.39 is 91.7 Å². The van der Waals surface area contributed by atoms with Gasteiger partial charge in [-0.3, -0.25) is 18.8 Å². The predicted octanol–water partition coefficient (Wildman–Crippen LogP) is -2.41. The van der Waals surface area contributed by atoms with Crippen molar-refractivity contribution in [1.29, 1.82) is 0 Å². The summed E-state index contributed by atoms with van der Waals surface area (Å²) < 4.78 is 71.5. The van der Waals surface area contributed by atoms with Gasteiger partial charge in [0.05, 0.1) is 24.2 Å². The van der Waals surface area contributed by atoms with Gasteiger partial charge in [-0.1, -0.05) is 4.09 Å². The third kappa shape index (κ3) is 6.80. The number of hydrogen-bond acceptors (Lipinski definition) is 17.